The van der Waals surface area contributed by atoms with E-state index in [2.05, 4.69) is 4.98 Å². The van der Waals surface area contributed by atoms with Crippen LogP contribution in [0.1, 0.15) is 31.4 Å². The third kappa shape index (κ3) is 4.62. The molecule has 6 N–H and O–H groups in total. The lowest BCUT2D eigenvalue weighted by Crippen LogP contribution is -2.50. The van der Waals surface area contributed by atoms with Gasteiger partial charge in [0.2, 0.25) is 5.91 Å². The maximum Gasteiger partial charge on any atom is 0.328 e. The van der Waals surface area contributed by atoms with E-state index < -0.39 is 53.3 Å². The molecule has 0 aliphatic carbocycles. The van der Waals surface area contributed by atoms with E-state index in [-0.39, 0.29) is 25.1 Å². The number of nitrogens with zero attached hydrogens (tertiary/aromatic N) is 2. The average molecular weight is 384 g/mol. The van der Waals surface area contributed by atoms with Crippen LogP contribution in [0.25, 0.3) is 0 Å². The van der Waals surface area contributed by atoms with Gasteiger partial charge in [-0.25, -0.2) is 4.79 Å². The maximum absolute atomic E-state index is 12.5. The van der Waals surface area contributed by atoms with Gasteiger partial charge in [0, 0.05) is 31.3 Å². The predicted molar refractivity (Wildman–Crippen MR) is 93.2 cm³/mol. The summed E-state index contributed by atoms with van der Waals surface area (Å²) in [4.78, 5) is 50.5. The van der Waals surface area contributed by atoms with Crippen LogP contribution in [0.3, 0.4) is 0 Å². The normalized spacial score (nSPS) is 27.1. The van der Waals surface area contributed by atoms with E-state index >= 15 is 0 Å². The molecular formula is C16H24N4O7. The van der Waals surface area contributed by atoms with Crippen molar-refractivity contribution in [3.63, 3.8) is 0 Å². The van der Waals surface area contributed by atoms with E-state index in [1.165, 1.54) is 20.0 Å². The molecule has 0 aromatic carbocycles. The van der Waals surface area contributed by atoms with Gasteiger partial charge in [-0.3, -0.25) is 23.9 Å². The highest BCUT2D eigenvalue weighted by atomic mass is 16.4. The fourth-order valence-electron chi connectivity index (χ4n) is 3.31. The Bertz CT molecular complexity index is 844. The summed E-state index contributed by atoms with van der Waals surface area (Å²) in [6.45, 7) is 2.54. The molecule has 1 saturated heterocycles. The molecular weight excluding hydrogens is 360 g/mol. The molecule has 1 aliphatic heterocycles. The standard InChI is InChI=1S/C16H24N4O7/c1-8-5-20(15(26)18-13(8)24)11-7-19(6-9(21)4-16(11,2)27)14(25)10(17)3-12(22)23/h5,9-11,21,27H,3-4,6-7,17H2,1-2H3,(H,22,23)(H,18,24,26)/t9-,10+,11+,16+/m1/s1. The zero-order chi connectivity index (χ0) is 20.5. The number of aliphatic hydroxyl groups excluding tert-OH is 1. The quantitative estimate of drug-likeness (QED) is 0.379. The molecule has 1 aromatic heterocycles. The Morgan fingerprint density at radius 3 is 2.63 bits per heavy atom. The first-order valence-corrected chi connectivity index (χ1v) is 8.41. The van der Waals surface area contributed by atoms with Crippen LogP contribution < -0.4 is 17.0 Å². The predicted octanol–water partition coefficient (Wildman–Crippen LogP) is -2.47. The molecule has 4 atom stereocenters. The summed E-state index contributed by atoms with van der Waals surface area (Å²) >= 11 is 0. The Balaban J connectivity index is 2.44. The number of carbonyl (C=O) groups is 2. The lowest BCUT2D eigenvalue weighted by atomic mass is 9.91. The summed E-state index contributed by atoms with van der Waals surface area (Å²) < 4.78 is 1.11. The van der Waals surface area contributed by atoms with Crippen LogP contribution in [0.15, 0.2) is 15.8 Å². The topological polar surface area (TPSA) is 179 Å². The summed E-state index contributed by atoms with van der Waals surface area (Å²) in [6, 6.07) is -2.31. The van der Waals surface area contributed by atoms with Gasteiger partial charge in [0.25, 0.3) is 5.56 Å². The summed E-state index contributed by atoms with van der Waals surface area (Å²) in [5.74, 6) is -1.96. The number of β-amino-alcohol motifs (C(OH)–C–C–N with tert-alkyl or cyclic N) is 1. The van der Waals surface area contributed by atoms with Crippen LogP contribution in [0, 0.1) is 6.92 Å². The number of H-pyrrole nitrogens is 1. The van der Waals surface area contributed by atoms with Crippen molar-refractivity contribution in [1.82, 2.24) is 14.5 Å². The zero-order valence-electron chi connectivity index (χ0n) is 15.1. The van der Waals surface area contributed by atoms with Crippen LogP contribution >= 0.6 is 0 Å². The van der Waals surface area contributed by atoms with Gasteiger partial charge < -0.3 is 26.0 Å². The van der Waals surface area contributed by atoms with Crippen molar-refractivity contribution >= 4 is 11.9 Å². The van der Waals surface area contributed by atoms with Gasteiger partial charge in [-0.05, 0) is 13.8 Å². The van der Waals surface area contributed by atoms with Gasteiger partial charge in [0.15, 0.2) is 0 Å². The molecule has 2 heterocycles. The van der Waals surface area contributed by atoms with Gasteiger partial charge in [-0.15, -0.1) is 0 Å². The molecule has 150 valence electrons. The SMILES string of the molecule is Cc1cn([C@H]2CN(C(=O)[C@@H](N)CC(=O)O)C[C@H](O)C[C@]2(C)O)c(=O)[nH]c1=O. The Hall–Kier alpha value is -2.50. The number of aliphatic hydroxyl groups is 2. The molecule has 11 nitrogen and oxygen atoms in total. The van der Waals surface area contributed by atoms with Crippen LogP contribution in [0.5, 0.6) is 0 Å². The number of aryl methyl sites for hydroxylation is 1. The first kappa shape index (κ1) is 20.8. The molecule has 1 aromatic rings. The largest absolute Gasteiger partial charge is 0.481 e. The van der Waals surface area contributed by atoms with Crippen molar-refractivity contribution < 1.29 is 24.9 Å². The van der Waals surface area contributed by atoms with Gasteiger partial charge in [-0.1, -0.05) is 0 Å². The minimum atomic E-state index is -1.58. The number of carboxylic acids is 1. The first-order valence-electron chi connectivity index (χ1n) is 8.41. The van der Waals surface area contributed by atoms with Crippen molar-refractivity contribution in [3.8, 4) is 0 Å². The van der Waals surface area contributed by atoms with Crippen molar-refractivity contribution in [3.05, 3.63) is 32.6 Å². The zero-order valence-corrected chi connectivity index (χ0v) is 15.1. The monoisotopic (exact) mass is 384 g/mol. The van der Waals surface area contributed by atoms with Crippen LogP contribution in [0.2, 0.25) is 0 Å². The van der Waals surface area contributed by atoms with E-state index in [1.54, 1.807) is 0 Å². The number of amides is 1. The Labute approximate surface area is 154 Å². The number of carboxylic acid groups (broad SMARTS) is 1. The van der Waals surface area contributed by atoms with Crippen molar-refractivity contribution in [2.24, 2.45) is 5.73 Å². The number of hydrogen-bond donors (Lipinski definition) is 5. The maximum atomic E-state index is 12.5. The van der Waals surface area contributed by atoms with Gasteiger partial charge in [-0.2, -0.15) is 0 Å². The number of nitrogens with one attached hydrogen (secondary N) is 1. The number of rotatable bonds is 4. The van der Waals surface area contributed by atoms with Gasteiger partial charge >= 0.3 is 11.7 Å². The Morgan fingerprint density at radius 1 is 1.41 bits per heavy atom. The number of aliphatic carboxylic acids is 1. The molecule has 1 amide bonds. The van der Waals surface area contributed by atoms with Crippen LogP contribution in [-0.4, -0.2) is 72.5 Å². The fourth-order valence-corrected chi connectivity index (χ4v) is 3.31. The highest BCUT2D eigenvalue weighted by Gasteiger charge is 2.42. The fraction of sp³-hybridized carbons (Fsp3) is 0.625. The lowest BCUT2D eigenvalue weighted by molar-refractivity contribution is -0.142. The summed E-state index contributed by atoms with van der Waals surface area (Å²) in [5.41, 5.74) is 2.95. The number of aromatic nitrogens is 2. The summed E-state index contributed by atoms with van der Waals surface area (Å²) in [6.07, 6.45) is -0.562. The minimum absolute atomic E-state index is 0.139. The second-order valence-corrected chi connectivity index (χ2v) is 7.16. The summed E-state index contributed by atoms with van der Waals surface area (Å²) in [7, 11) is 0. The number of nitrogens with two attached hydrogens (primary N) is 1. The second kappa shape index (κ2) is 7.62. The molecule has 0 unspecified atom stereocenters. The third-order valence-electron chi connectivity index (χ3n) is 4.70. The number of likely N-dealkylation sites (tertiary alicyclic amines) is 1. The van der Waals surface area contributed by atoms with Crippen LogP contribution in [0.4, 0.5) is 0 Å². The van der Waals surface area contributed by atoms with Crippen molar-refractivity contribution in [2.75, 3.05) is 13.1 Å². The van der Waals surface area contributed by atoms with Crippen molar-refractivity contribution in [1.29, 1.82) is 0 Å². The van der Waals surface area contributed by atoms with E-state index in [9.17, 15) is 29.4 Å². The second-order valence-electron chi connectivity index (χ2n) is 7.16. The number of hydrogen-bond acceptors (Lipinski definition) is 7. The molecule has 0 spiro atoms. The highest BCUT2D eigenvalue weighted by Crippen LogP contribution is 2.31. The molecule has 2 rings (SSSR count). The van der Waals surface area contributed by atoms with E-state index in [4.69, 9.17) is 10.8 Å². The molecule has 1 aliphatic rings. The molecule has 0 radical (unpaired) electrons. The third-order valence-corrected chi connectivity index (χ3v) is 4.70. The average Bonchev–Trinajstić information content (AvgIpc) is 2.64. The molecule has 0 saturated carbocycles. The Kier molecular flexibility index (Phi) is 5.88. The lowest BCUT2D eigenvalue weighted by Gasteiger charge is -2.34. The first-order chi connectivity index (χ1) is 12.4. The van der Waals surface area contributed by atoms with E-state index in [1.807, 2.05) is 0 Å². The van der Waals surface area contributed by atoms with E-state index in [0.29, 0.717) is 0 Å². The van der Waals surface area contributed by atoms with Gasteiger partial charge in [0.1, 0.15) is 0 Å². The molecule has 11 heteroatoms. The van der Waals surface area contributed by atoms with Crippen LogP contribution in [-0.2, 0) is 9.59 Å². The molecule has 27 heavy (non-hydrogen) atoms. The van der Waals surface area contributed by atoms with Crippen molar-refractivity contribution in [2.45, 2.75) is 50.5 Å². The summed E-state index contributed by atoms with van der Waals surface area (Å²) in [5, 5.41) is 29.8. The molecule has 1 fully saturated rings. The molecule has 0 bridgehead atoms. The number of aromatic amines is 1. The smallest absolute Gasteiger partial charge is 0.328 e. The van der Waals surface area contributed by atoms with Gasteiger partial charge in [0.05, 0.1) is 30.2 Å². The minimum Gasteiger partial charge on any atom is -0.481 e. The number of carbonyl (C=O) groups excluding carboxylic acids is 1. The highest BCUT2D eigenvalue weighted by molar-refractivity contribution is 5.86. The van der Waals surface area contributed by atoms with E-state index in [0.717, 1.165) is 9.47 Å². The Morgan fingerprint density at radius 2 is 2.04 bits per heavy atom.